The summed E-state index contributed by atoms with van der Waals surface area (Å²) in [7, 11) is 0. The number of nitrogens with zero attached hydrogens (tertiary/aromatic N) is 1. The molecule has 108 valence electrons. The smallest absolute Gasteiger partial charge is 0.240 e. The van der Waals surface area contributed by atoms with E-state index < -0.39 is 11.9 Å². The average molecular weight is 293 g/mol. The van der Waals surface area contributed by atoms with Crippen molar-refractivity contribution in [3.63, 3.8) is 0 Å². The number of thiophene rings is 1. The predicted octanol–water partition coefficient (Wildman–Crippen LogP) is 0.787. The first-order valence-corrected chi connectivity index (χ1v) is 7.86. The van der Waals surface area contributed by atoms with Crippen molar-refractivity contribution in [2.75, 3.05) is 6.54 Å². The van der Waals surface area contributed by atoms with Crippen LogP contribution in [0.1, 0.15) is 35.7 Å². The van der Waals surface area contributed by atoms with Crippen LogP contribution < -0.4 is 11.5 Å². The molecule has 1 aromatic heterocycles. The fourth-order valence-corrected chi connectivity index (χ4v) is 3.94. The van der Waals surface area contributed by atoms with Gasteiger partial charge in [-0.05, 0) is 42.2 Å². The number of rotatable bonds is 4. The molecule has 1 aliphatic carbocycles. The molecule has 2 amide bonds. The van der Waals surface area contributed by atoms with E-state index in [0.717, 1.165) is 19.3 Å². The minimum absolute atomic E-state index is 0.0801. The quantitative estimate of drug-likeness (QED) is 0.860. The number of amides is 2. The molecule has 0 saturated heterocycles. The summed E-state index contributed by atoms with van der Waals surface area (Å²) >= 11 is 1.76. The van der Waals surface area contributed by atoms with Crippen LogP contribution in [0.4, 0.5) is 0 Å². The van der Waals surface area contributed by atoms with Crippen LogP contribution in [0.15, 0.2) is 11.4 Å². The minimum atomic E-state index is -0.811. The van der Waals surface area contributed by atoms with Gasteiger partial charge in [-0.25, -0.2) is 0 Å². The highest BCUT2D eigenvalue weighted by Gasteiger charge is 2.42. The minimum Gasteiger partial charge on any atom is -0.370 e. The molecule has 2 aliphatic rings. The van der Waals surface area contributed by atoms with Crippen molar-refractivity contribution in [3.8, 4) is 0 Å². The monoisotopic (exact) mass is 293 g/mol. The molecule has 4 N–H and O–H groups in total. The Morgan fingerprint density at radius 3 is 2.85 bits per heavy atom. The van der Waals surface area contributed by atoms with Crippen molar-refractivity contribution in [1.29, 1.82) is 0 Å². The third-order valence-electron chi connectivity index (χ3n) is 4.10. The van der Waals surface area contributed by atoms with Crippen LogP contribution in [0.3, 0.4) is 0 Å². The topological polar surface area (TPSA) is 89.4 Å². The van der Waals surface area contributed by atoms with E-state index in [-0.39, 0.29) is 18.4 Å². The molecule has 0 aromatic carbocycles. The average Bonchev–Trinajstić information content (AvgIpc) is 3.12. The first kappa shape index (κ1) is 13.6. The van der Waals surface area contributed by atoms with E-state index >= 15 is 0 Å². The summed E-state index contributed by atoms with van der Waals surface area (Å²) in [6.07, 6.45) is 3.12. The molecule has 6 heteroatoms. The van der Waals surface area contributed by atoms with Crippen molar-refractivity contribution >= 4 is 23.2 Å². The number of primary amides is 1. The Bertz CT molecular complexity index is 538. The van der Waals surface area contributed by atoms with Crippen molar-refractivity contribution in [2.45, 2.75) is 37.8 Å². The summed E-state index contributed by atoms with van der Waals surface area (Å²) in [4.78, 5) is 26.7. The summed E-state index contributed by atoms with van der Waals surface area (Å²) in [5.41, 5.74) is 12.3. The highest BCUT2D eigenvalue weighted by atomic mass is 32.1. The lowest BCUT2D eigenvalue weighted by Crippen LogP contribution is -2.49. The van der Waals surface area contributed by atoms with E-state index in [1.54, 1.807) is 11.3 Å². The lowest BCUT2D eigenvalue weighted by Gasteiger charge is -2.37. The van der Waals surface area contributed by atoms with Crippen molar-refractivity contribution in [1.82, 2.24) is 4.90 Å². The standard InChI is InChI=1S/C14H19N3O2S/c15-10(7-12(16)18)14(19)17-5-3-11-9(4-6-20-11)13(17)8-1-2-8/h4,6,8,10,13H,1-3,5,7,15H2,(H2,16,18). The van der Waals surface area contributed by atoms with Gasteiger partial charge in [0.15, 0.2) is 0 Å². The number of nitrogens with two attached hydrogens (primary N) is 2. The third-order valence-corrected chi connectivity index (χ3v) is 5.10. The summed E-state index contributed by atoms with van der Waals surface area (Å²) in [6.45, 7) is 0.694. The third kappa shape index (κ3) is 2.45. The Morgan fingerprint density at radius 1 is 1.45 bits per heavy atom. The second-order valence-corrected chi connectivity index (χ2v) is 6.64. The second-order valence-electron chi connectivity index (χ2n) is 5.64. The van der Waals surface area contributed by atoms with Crippen LogP contribution in [0, 0.1) is 5.92 Å². The highest BCUT2D eigenvalue weighted by molar-refractivity contribution is 7.10. The molecule has 5 nitrogen and oxygen atoms in total. The number of carbonyl (C=O) groups is 2. The van der Waals surface area contributed by atoms with Gasteiger partial charge in [0.05, 0.1) is 18.5 Å². The van der Waals surface area contributed by atoms with E-state index in [1.807, 2.05) is 4.90 Å². The normalized spacial score (nSPS) is 23.2. The van der Waals surface area contributed by atoms with Crippen LogP contribution in [0.2, 0.25) is 0 Å². The summed E-state index contributed by atoms with van der Waals surface area (Å²) in [5, 5.41) is 2.09. The first-order chi connectivity index (χ1) is 9.58. The summed E-state index contributed by atoms with van der Waals surface area (Å²) < 4.78 is 0. The predicted molar refractivity (Wildman–Crippen MR) is 77.0 cm³/mol. The zero-order valence-corrected chi connectivity index (χ0v) is 12.1. The van der Waals surface area contributed by atoms with Crippen molar-refractivity contribution in [3.05, 3.63) is 21.9 Å². The Kier molecular flexibility index (Phi) is 3.52. The fourth-order valence-electron chi connectivity index (χ4n) is 3.03. The van der Waals surface area contributed by atoms with Gasteiger partial charge >= 0.3 is 0 Å². The summed E-state index contributed by atoms with van der Waals surface area (Å²) in [5.74, 6) is -0.118. The highest BCUT2D eigenvalue weighted by Crippen LogP contribution is 2.48. The van der Waals surface area contributed by atoms with Gasteiger partial charge < -0.3 is 16.4 Å². The summed E-state index contributed by atoms with van der Waals surface area (Å²) in [6, 6.07) is 1.47. The van der Waals surface area contributed by atoms with Crippen LogP contribution >= 0.6 is 11.3 Å². The fraction of sp³-hybridized carbons (Fsp3) is 0.571. The molecule has 1 fully saturated rings. The van der Waals surface area contributed by atoms with Crippen LogP contribution in [0.5, 0.6) is 0 Å². The molecular formula is C14H19N3O2S. The van der Waals surface area contributed by atoms with Gasteiger partial charge in [0.25, 0.3) is 0 Å². The molecule has 0 bridgehead atoms. The largest absolute Gasteiger partial charge is 0.370 e. The van der Waals surface area contributed by atoms with Crippen LogP contribution in [0.25, 0.3) is 0 Å². The molecule has 3 rings (SSSR count). The molecule has 2 unspecified atom stereocenters. The van der Waals surface area contributed by atoms with Gasteiger partial charge in [-0.2, -0.15) is 0 Å². The molecule has 0 spiro atoms. The molecule has 1 aliphatic heterocycles. The van der Waals surface area contributed by atoms with Crippen LogP contribution in [-0.2, 0) is 16.0 Å². The van der Waals surface area contributed by atoms with Gasteiger partial charge in [-0.1, -0.05) is 0 Å². The molecule has 0 radical (unpaired) electrons. The lowest BCUT2D eigenvalue weighted by molar-refractivity contribution is -0.137. The molecule has 20 heavy (non-hydrogen) atoms. The zero-order valence-electron chi connectivity index (χ0n) is 11.2. The van der Waals surface area contributed by atoms with E-state index in [4.69, 9.17) is 11.5 Å². The number of hydrogen-bond acceptors (Lipinski definition) is 4. The maximum atomic E-state index is 12.5. The Labute approximate surface area is 121 Å². The van der Waals surface area contributed by atoms with Gasteiger partial charge in [0, 0.05) is 11.4 Å². The maximum Gasteiger partial charge on any atom is 0.240 e. The number of carbonyl (C=O) groups excluding carboxylic acids is 2. The number of hydrogen-bond donors (Lipinski definition) is 2. The number of fused-ring (bicyclic) bond motifs is 1. The molecule has 1 aromatic rings. The van der Waals surface area contributed by atoms with E-state index in [2.05, 4.69) is 11.4 Å². The maximum absolute atomic E-state index is 12.5. The van der Waals surface area contributed by atoms with Gasteiger partial charge in [0.2, 0.25) is 11.8 Å². The molecule has 2 heterocycles. The Hall–Kier alpha value is -1.40. The van der Waals surface area contributed by atoms with Gasteiger partial charge in [0.1, 0.15) is 0 Å². The van der Waals surface area contributed by atoms with Crippen molar-refractivity contribution in [2.24, 2.45) is 17.4 Å². The van der Waals surface area contributed by atoms with Crippen LogP contribution in [-0.4, -0.2) is 29.3 Å². The van der Waals surface area contributed by atoms with E-state index in [9.17, 15) is 9.59 Å². The van der Waals surface area contributed by atoms with Gasteiger partial charge in [-0.3, -0.25) is 9.59 Å². The SMILES string of the molecule is NC(=O)CC(N)C(=O)N1CCc2sccc2C1C1CC1. The first-order valence-electron chi connectivity index (χ1n) is 6.98. The second kappa shape index (κ2) is 5.18. The molecule has 2 atom stereocenters. The Morgan fingerprint density at radius 2 is 2.20 bits per heavy atom. The van der Waals surface area contributed by atoms with Crippen molar-refractivity contribution < 1.29 is 9.59 Å². The zero-order chi connectivity index (χ0) is 14.3. The van der Waals surface area contributed by atoms with Gasteiger partial charge in [-0.15, -0.1) is 11.3 Å². The lowest BCUT2D eigenvalue weighted by atomic mass is 9.95. The van der Waals surface area contributed by atoms with E-state index in [1.165, 1.54) is 10.4 Å². The van der Waals surface area contributed by atoms with E-state index in [0.29, 0.717) is 12.5 Å². The Balaban J connectivity index is 1.82. The molecule has 1 saturated carbocycles. The molecular weight excluding hydrogens is 274 g/mol.